The Kier molecular flexibility index (Phi) is 5.22. The van der Waals surface area contributed by atoms with E-state index in [-0.39, 0.29) is 17.9 Å². The summed E-state index contributed by atoms with van der Waals surface area (Å²) in [5.74, 6) is -0.521. The Labute approximate surface area is 104 Å². The number of amides is 1. The molecule has 0 aliphatic rings. The Balaban J connectivity index is 2.74. The van der Waals surface area contributed by atoms with Crippen molar-refractivity contribution in [3.63, 3.8) is 0 Å². The zero-order valence-corrected chi connectivity index (χ0v) is 10.1. The van der Waals surface area contributed by atoms with Gasteiger partial charge in [0.2, 0.25) is 0 Å². The first-order valence-corrected chi connectivity index (χ1v) is 5.23. The number of hydroxylamine groups is 1. The van der Waals surface area contributed by atoms with Crippen LogP contribution in [0.5, 0.6) is 0 Å². The fourth-order valence-electron chi connectivity index (χ4n) is 1.36. The SMILES string of the molecule is COCCONC(=O)c1cccc([N+](=O)[O-])c1C. The van der Waals surface area contributed by atoms with Crippen LogP contribution < -0.4 is 5.48 Å². The average molecular weight is 254 g/mol. The van der Waals surface area contributed by atoms with E-state index < -0.39 is 10.8 Å². The largest absolute Gasteiger partial charge is 0.382 e. The van der Waals surface area contributed by atoms with Crippen LogP contribution in [0.15, 0.2) is 18.2 Å². The summed E-state index contributed by atoms with van der Waals surface area (Å²) < 4.78 is 4.74. The highest BCUT2D eigenvalue weighted by atomic mass is 16.7. The predicted molar refractivity (Wildman–Crippen MR) is 63.1 cm³/mol. The van der Waals surface area contributed by atoms with Crippen molar-refractivity contribution in [3.8, 4) is 0 Å². The number of ether oxygens (including phenoxy) is 1. The third-order valence-corrected chi connectivity index (χ3v) is 2.30. The van der Waals surface area contributed by atoms with E-state index in [1.807, 2.05) is 0 Å². The number of methoxy groups -OCH3 is 1. The van der Waals surface area contributed by atoms with E-state index in [1.54, 1.807) is 0 Å². The Morgan fingerprint density at radius 1 is 1.44 bits per heavy atom. The second-order valence-electron chi connectivity index (χ2n) is 3.48. The molecule has 1 rings (SSSR count). The van der Waals surface area contributed by atoms with Crippen molar-refractivity contribution in [2.75, 3.05) is 20.3 Å². The molecule has 0 aliphatic carbocycles. The van der Waals surface area contributed by atoms with Gasteiger partial charge in [-0.1, -0.05) is 6.07 Å². The minimum Gasteiger partial charge on any atom is -0.382 e. The fourth-order valence-corrected chi connectivity index (χ4v) is 1.36. The molecule has 0 radical (unpaired) electrons. The lowest BCUT2D eigenvalue weighted by molar-refractivity contribution is -0.385. The number of nitro benzene ring substituents is 1. The summed E-state index contributed by atoms with van der Waals surface area (Å²) in [6, 6.07) is 4.30. The molecule has 0 unspecified atom stereocenters. The van der Waals surface area contributed by atoms with Gasteiger partial charge in [-0.05, 0) is 13.0 Å². The van der Waals surface area contributed by atoms with E-state index in [0.29, 0.717) is 12.2 Å². The van der Waals surface area contributed by atoms with Gasteiger partial charge in [0.25, 0.3) is 11.6 Å². The van der Waals surface area contributed by atoms with Crippen molar-refractivity contribution in [1.82, 2.24) is 5.48 Å². The lowest BCUT2D eigenvalue weighted by Gasteiger charge is -2.07. The molecule has 0 aromatic heterocycles. The number of carbonyl (C=O) groups excluding carboxylic acids is 1. The fraction of sp³-hybridized carbons (Fsp3) is 0.364. The molecule has 0 saturated carbocycles. The zero-order chi connectivity index (χ0) is 13.5. The van der Waals surface area contributed by atoms with Gasteiger partial charge in [-0.15, -0.1) is 0 Å². The van der Waals surface area contributed by atoms with Crippen LogP contribution in [-0.4, -0.2) is 31.2 Å². The Morgan fingerprint density at radius 3 is 2.78 bits per heavy atom. The summed E-state index contributed by atoms with van der Waals surface area (Å²) in [7, 11) is 1.51. The summed E-state index contributed by atoms with van der Waals surface area (Å²) >= 11 is 0. The first-order chi connectivity index (χ1) is 8.57. The highest BCUT2D eigenvalue weighted by Gasteiger charge is 2.17. The van der Waals surface area contributed by atoms with Crippen molar-refractivity contribution in [2.45, 2.75) is 6.92 Å². The quantitative estimate of drug-likeness (QED) is 0.468. The Hall–Kier alpha value is -1.99. The molecule has 0 heterocycles. The summed E-state index contributed by atoms with van der Waals surface area (Å²) in [6.45, 7) is 2.06. The van der Waals surface area contributed by atoms with Crippen LogP contribution >= 0.6 is 0 Å². The maximum absolute atomic E-state index is 11.7. The molecule has 1 amide bonds. The van der Waals surface area contributed by atoms with Gasteiger partial charge in [0.05, 0.1) is 23.7 Å². The number of nitrogens with zero attached hydrogens (tertiary/aromatic N) is 1. The van der Waals surface area contributed by atoms with Crippen LogP contribution in [0.4, 0.5) is 5.69 Å². The Bertz CT molecular complexity index is 447. The van der Waals surface area contributed by atoms with Crippen molar-refractivity contribution in [3.05, 3.63) is 39.4 Å². The van der Waals surface area contributed by atoms with Crippen LogP contribution in [0.25, 0.3) is 0 Å². The van der Waals surface area contributed by atoms with Crippen molar-refractivity contribution in [2.24, 2.45) is 0 Å². The second-order valence-corrected chi connectivity index (χ2v) is 3.48. The summed E-state index contributed by atoms with van der Waals surface area (Å²) in [5.41, 5.74) is 2.61. The maximum atomic E-state index is 11.7. The number of carbonyl (C=O) groups is 1. The molecule has 0 spiro atoms. The number of benzene rings is 1. The summed E-state index contributed by atoms with van der Waals surface area (Å²) in [4.78, 5) is 26.7. The third kappa shape index (κ3) is 3.51. The van der Waals surface area contributed by atoms with Crippen LogP contribution in [0, 0.1) is 17.0 Å². The highest BCUT2D eigenvalue weighted by Crippen LogP contribution is 2.20. The number of hydrogen-bond acceptors (Lipinski definition) is 5. The monoisotopic (exact) mass is 254 g/mol. The summed E-state index contributed by atoms with van der Waals surface area (Å²) in [5, 5.41) is 10.7. The maximum Gasteiger partial charge on any atom is 0.275 e. The van der Waals surface area contributed by atoms with E-state index in [1.165, 1.54) is 32.2 Å². The van der Waals surface area contributed by atoms with Gasteiger partial charge in [-0.2, -0.15) is 0 Å². The standard InChI is InChI=1S/C11H14N2O5/c1-8-9(4-3-5-10(8)13(15)16)11(14)12-18-7-6-17-2/h3-5H,6-7H2,1-2H3,(H,12,14). The van der Waals surface area contributed by atoms with Gasteiger partial charge in [0.15, 0.2) is 0 Å². The highest BCUT2D eigenvalue weighted by molar-refractivity contribution is 5.95. The summed E-state index contributed by atoms with van der Waals surface area (Å²) in [6.07, 6.45) is 0. The average Bonchev–Trinajstić information content (AvgIpc) is 2.34. The van der Waals surface area contributed by atoms with Gasteiger partial charge < -0.3 is 4.74 Å². The van der Waals surface area contributed by atoms with Crippen molar-refractivity contribution >= 4 is 11.6 Å². The third-order valence-electron chi connectivity index (χ3n) is 2.30. The number of nitrogens with one attached hydrogen (secondary N) is 1. The van der Waals surface area contributed by atoms with Crippen LogP contribution in [0.3, 0.4) is 0 Å². The minimum absolute atomic E-state index is 0.0976. The van der Waals surface area contributed by atoms with Gasteiger partial charge in [-0.3, -0.25) is 19.7 Å². The molecular weight excluding hydrogens is 240 g/mol. The zero-order valence-electron chi connectivity index (χ0n) is 10.1. The van der Waals surface area contributed by atoms with Crippen molar-refractivity contribution in [1.29, 1.82) is 0 Å². The molecule has 1 aromatic carbocycles. The lowest BCUT2D eigenvalue weighted by Crippen LogP contribution is -2.26. The molecular formula is C11H14N2O5. The molecule has 1 N–H and O–H groups in total. The minimum atomic E-state index is -0.530. The first-order valence-electron chi connectivity index (χ1n) is 5.23. The number of nitro groups is 1. The van der Waals surface area contributed by atoms with Crippen LogP contribution in [0.2, 0.25) is 0 Å². The van der Waals surface area contributed by atoms with Gasteiger partial charge in [-0.25, -0.2) is 5.48 Å². The molecule has 1 aromatic rings. The normalized spacial score (nSPS) is 10.1. The van der Waals surface area contributed by atoms with E-state index in [9.17, 15) is 14.9 Å². The van der Waals surface area contributed by atoms with Crippen molar-refractivity contribution < 1.29 is 19.3 Å². The van der Waals surface area contributed by atoms with Gasteiger partial charge in [0.1, 0.15) is 0 Å². The van der Waals surface area contributed by atoms with E-state index in [0.717, 1.165) is 0 Å². The smallest absolute Gasteiger partial charge is 0.275 e. The molecule has 18 heavy (non-hydrogen) atoms. The number of hydrogen-bond donors (Lipinski definition) is 1. The molecule has 0 fully saturated rings. The lowest BCUT2D eigenvalue weighted by atomic mass is 10.1. The van der Waals surface area contributed by atoms with E-state index >= 15 is 0 Å². The second kappa shape index (κ2) is 6.67. The van der Waals surface area contributed by atoms with Gasteiger partial charge in [0, 0.05) is 18.7 Å². The number of rotatable bonds is 6. The molecule has 7 nitrogen and oxygen atoms in total. The topological polar surface area (TPSA) is 90.7 Å². The predicted octanol–water partition coefficient (Wildman–Crippen LogP) is 1.21. The Morgan fingerprint density at radius 2 is 2.17 bits per heavy atom. The molecule has 98 valence electrons. The van der Waals surface area contributed by atoms with Crippen LogP contribution in [-0.2, 0) is 9.57 Å². The molecule has 0 saturated heterocycles. The van der Waals surface area contributed by atoms with Gasteiger partial charge >= 0.3 is 0 Å². The molecule has 0 bridgehead atoms. The van der Waals surface area contributed by atoms with E-state index in [4.69, 9.17) is 9.57 Å². The van der Waals surface area contributed by atoms with Crippen LogP contribution in [0.1, 0.15) is 15.9 Å². The molecule has 0 aliphatic heterocycles. The van der Waals surface area contributed by atoms with E-state index in [2.05, 4.69) is 5.48 Å². The molecule has 7 heteroatoms. The molecule has 0 atom stereocenters. The first kappa shape index (κ1) is 14.1.